The van der Waals surface area contributed by atoms with E-state index in [0.29, 0.717) is 41.2 Å². The van der Waals surface area contributed by atoms with Crippen LogP contribution in [0.1, 0.15) is 36.8 Å². The minimum absolute atomic E-state index is 0.0411. The van der Waals surface area contributed by atoms with Gasteiger partial charge in [-0.25, -0.2) is 8.42 Å². The number of nitrogens with one attached hydrogen (secondary N) is 1. The molecule has 0 spiro atoms. The number of carbonyl (C=O) groups is 1. The maximum Gasteiger partial charge on any atom is 0.243 e. The maximum absolute atomic E-state index is 13.4. The van der Waals surface area contributed by atoms with Gasteiger partial charge in [0.15, 0.2) is 11.5 Å². The lowest BCUT2D eigenvalue weighted by Crippen LogP contribution is -2.44. The molecule has 2 heterocycles. The van der Waals surface area contributed by atoms with Gasteiger partial charge in [0.1, 0.15) is 0 Å². The zero-order valence-corrected chi connectivity index (χ0v) is 24.0. The number of ether oxygens (including phenoxy) is 2. The van der Waals surface area contributed by atoms with Gasteiger partial charge in [0.2, 0.25) is 22.7 Å². The van der Waals surface area contributed by atoms with E-state index in [9.17, 15) is 13.2 Å². The number of aryl methyl sites for hydroxylation is 1. The second kappa shape index (κ2) is 10.2. The van der Waals surface area contributed by atoms with Gasteiger partial charge < -0.3 is 19.7 Å². The summed E-state index contributed by atoms with van der Waals surface area (Å²) in [7, 11) is 0.539. The topological polar surface area (TPSA) is 88.2 Å². The highest BCUT2D eigenvalue weighted by atomic mass is 32.2. The Balaban J connectivity index is 1.18. The number of amides is 1. The SMILES string of the molecule is Cc1ccc(NC(=O)C2(c3ccc4c(c3)OCO4)CC2)cc1-c1ccc(S(=O)(=O)N2CCC(N(C)C)CC2)cc1. The van der Waals surface area contributed by atoms with Crippen LogP contribution < -0.4 is 14.8 Å². The molecule has 0 radical (unpaired) electrons. The first-order valence-electron chi connectivity index (χ1n) is 13.8. The van der Waals surface area contributed by atoms with E-state index in [1.165, 1.54) is 0 Å². The average molecular weight is 562 g/mol. The molecule has 0 bridgehead atoms. The fourth-order valence-corrected chi connectivity index (χ4v) is 7.25. The molecule has 0 unspecified atom stereocenters. The minimum atomic E-state index is -3.54. The zero-order chi connectivity index (χ0) is 28.1. The van der Waals surface area contributed by atoms with Crippen LogP contribution in [0.4, 0.5) is 5.69 Å². The lowest BCUT2D eigenvalue weighted by atomic mass is 9.94. The van der Waals surface area contributed by atoms with Crippen LogP contribution in [0.3, 0.4) is 0 Å². The van der Waals surface area contributed by atoms with Crippen molar-refractivity contribution in [3.63, 3.8) is 0 Å². The number of hydrogen-bond donors (Lipinski definition) is 1. The summed E-state index contributed by atoms with van der Waals surface area (Å²) < 4.78 is 39.1. The number of benzene rings is 3. The van der Waals surface area contributed by atoms with Crippen LogP contribution in [0.15, 0.2) is 65.6 Å². The molecule has 1 N–H and O–H groups in total. The van der Waals surface area contributed by atoms with Gasteiger partial charge in [-0.15, -0.1) is 0 Å². The molecule has 1 amide bonds. The average Bonchev–Trinajstić information content (AvgIpc) is 3.64. The summed E-state index contributed by atoms with van der Waals surface area (Å²) >= 11 is 0. The molecule has 3 aromatic carbocycles. The molecule has 3 aromatic rings. The smallest absolute Gasteiger partial charge is 0.243 e. The molecular weight excluding hydrogens is 526 g/mol. The van der Waals surface area contributed by atoms with Crippen molar-refractivity contribution in [1.82, 2.24) is 9.21 Å². The van der Waals surface area contributed by atoms with E-state index in [2.05, 4.69) is 10.2 Å². The van der Waals surface area contributed by atoms with Crippen molar-refractivity contribution in [2.75, 3.05) is 39.3 Å². The Hall–Kier alpha value is -3.40. The zero-order valence-electron chi connectivity index (χ0n) is 23.1. The summed E-state index contributed by atoms with van der Waals surface area (Å²) in [4.78, 5) is 15.9. The molecule has 9 heteroatoms. The minimum Gasteiger partial charge on any atom is -0.454 e. The maximum atomic E-state index is 13.4. The Kier molecular flexibility index (Phi) is 6.84. The number of piperidine rings is 1. The summed E-state index contributed by atoms with van der Waals surface area (Å²) in [6, 6.07) is 19.0. The van der Waals surface area contributed by atoms with Crippen LogP contribution in [0.2, 0.25) is 0 Å². The summed E-state index contributed by atoms with van der Waals surface area (Å²) in [5.74, 6) is 1.34. The molecule has 2 fully saturated rings. The van der Waals surface area contributed by atoms with Crippen LogP contribution >= 0.6 is 0 Å². The number of sulfonamides is 1. The summed E-state index contributed by atoms with van der Waals surface area (Å²) in [5, 5.41) is 3.12. The Morgan fingerprint density at radius 2 is 1.65 bits per heavy atom. The molecular formula is C31H35N3O5S. The molecule has 40 heavy (non-hydrogen) atoms. The van der Waals surface area contributed by atoms with Crippen molar-refractivity contribution >= 4 is 21.6 Å². The van der Waals surface area contributed by atoms with E-state index in [-0.39, 0.29) is 12.7 Å². The number of rotatable bonds is 7. The lowest BCUT2D eigenvalue weighted by Gasteiger charge is -2.34. The van der Waals surface area contributed by atoms with E-state index in [4.69, 9.17) is 9.47 Å². The van der Waals surface area contributed by atoms with E-state index >= 15 is 0 Å². The second-order valence-corrected chi connectivity index (χ2v) is 13.2. The number of fused-ring (bicyclic) bond motifs is 1. The first kappa shape index (κ1) is 26.8. The highest BCUT2D eigenvalue weighted by Crippen LogP contribution is 2.51. The van der Waals surface area contributed by atoms with E-state index in [1.807, 2.05) is 69.6 Å². The van der Waals surface area contributed by atoms with E-state index < -0.39 is 15.4 Å². The highest BCUT2D eigenvalue weighted by Gasteiger charge is 2.51. The predicted molar refractivity (Wildman–Crippen MR) is 154 cm³/mol. The Morgan fingerprint density at radius 3 is 2.33 bits per heavy atom. The Bertz CT molecular complexity index is 1540. The van der Waals surface area contributed by atoms with E-state index in [1.54, 1.807) is 16.4 Å². The van der Waals surface area contributed by atoms with Gasteiger partial charge in [-0.2, -0.15) is 4.31 Å². The van der Waals surface area contributed by atoms with Crippen LogP contribution in [0.25, 0.3) is 11.1 Å². The third-order valence-electron chi connectivity index (χ3n) is 8.56. The summed E-state index contributed by atoms with van der Waals surface area (Å²) in [5.41, 5.74) is 3.96. The summed E-state index contributed by atoms with van der Waals surface area (Å²) in [6.45, 7) is 3.27. The Labute approximate surface area is 235 Å². The molecule has 1 aliphatic carbocycles. The van der Waals surface area contributed by atoms with Crippen LogP contribution in [0.5, 0.6) is 11.5 Å². The number of hydrogen-bond acceptors (Lipinski definition) is 6. The van der Waals surface area contributed by atoms with Crippen molar-refractivity contribution in [3.8, 4) is 22.6 Å². The van der Waals surface area contributed by atoms with Gasteiger partial charge in [0, 0.05) is 24.8 Å². The first-order valence-corrected chi connectivity index (χ1v) is 15.2. The van der Waals surface area contributed by atoms with Gasteiger partial charge >= 0.3 is 0 Å². The van der Waals surface area contributed by atoms with Crippen LogP contribution in [-0.4, -0.2) is 63.5 Å². The first-order chi connectivity index (χ1) is 19.2. The lowest BCUT2D eigenvalue weighted by molar-refractivity contribution is -0.118. The molecule has 3 aliphatic rings. The molecule has 1 saturated heterocycles. The third-order valence-corrected chi connectivity index (χ3v) is 10.5. The predicted octanol–water partition coefficient (Wildman–Crippen LogP) is 4.78. The second-order valence-electron chi connectivity index (χ2n) is 11.3. The quantitative estimate of drug-likeness (QED) is 0.447. The number of anilines is 1. The van der Waals surface area contributed by atoms with Crippen molar-refractivity contribution in [2.24, 2.45) is 0 Å². The van der Waals surface area contributed by atoms with Gasteiger partial charge in [0.25, 0.3) is 0 Å². The molecule has 6 rings (SSSR count). The monoisotopic (exact) mass is 561 g/mol. The molecule has 1 saturated carbocycles. The van der Waals surface area contributed by atoms with Gasteiger partial charge in [-0.3, -0.25) is 4.79 Å². The number of nitrogens with zero attached hydrogens (tertiary/aromatic N) is 2. The molecule has 0 aromatic heterocycles. The van der Waals surface area contributed by atoms with Gasteiger partial charge in [-0.1, -0.05) is 24.3 Å². The standard InChI is InChI=1S/C31H35N3O5S/c1-21-4-8-24(32-30(35)31(14-15-31)23-7-11-28-29(18-23)39-20-38-28)19-27(21)22-5-9-26(10-6-22)40(36,37)34-16-12-25(13-17-34)33(2)3/h4-11,18-19,25H,12-17,20H2,1-3H3,(H,32,35). The highest BCUT2D eigenvalue weighted by molar-refractivity contribution is 7.89. The van der Waals surface area contributed by atoms with Crippen molar-refractivity contribution < 1.29 is 22.7 Å². The van der Waals surface area contributed by atoms with E-state index in [0.717, 1.165) is 47.9 Å². The number of carbonyl (C=O) groups excluding carboxylic acids is 1. The van der Waals surface area contributed by atoms with Crippen LogP contribution in [-0.2, 0) is 20.2 Å². The van der Waals surface area contributed by atoms with Crippen molar-refractivity contribution in [1.29, 1.82) is 0 Å². The van der Waals surface area contributed by atoms with Crippen LogP contribution in [0, 0.1) is 6.92 Å². The van der Waals surface area contributed by atoms with Gasteiger partial charge in [0.05, 0.1) is 10.3 Å². The van der Waals surface area contributed by atoms with Gasteiger partial charge in [-0.05, 0) is 105 Å². The molecule has 210 valence electrons. The largest absolute Gasteiger partial charge is 0.454 e. The Morgan fingerprint density at radius 1 is 0.950 bits per heavy atom. The van der Waals surface area contributed by atoms with Crippen molar-refractivity contribution in [2.45, 2.75) is 49.0 Å². The normalized spacial score (nSPS) is 18.6. The van der Waals surface area contributed by atoms with Crippen molar-refractivity contribution in [3.05, 3.63) is 71.8 Å². The fourth-order valence-electron chi connectivity index (χ4n) is 5.78. The summed E-state index contributed by atoms with van der Waals surface area (Å²) in [6.07, 6.45) is 3.22. The molecule has 0 atom stereocenters. The fraction of sp³-hybridized carbons (Fsp3) is 0.387. The molecule has 8 nitrogen and oxygen atoms in total. The third kappa shape index (κ3) is 4.87. The molecule has 2 aliphatic heterocycles.